The molecule has 0 bridgehead atoms. The molecule has 0 radical (unpaired) electrons. The van der Waals surface area contributed by atoms with Gasteiger partial charge in [0.2, 0.25) is 4.92 Å². The Balaban J connectivity index is 2.96. The molecule has 0 amide bonds. The molecule has 0 aliphatic rings. The Kier molecular flexibility index (Phi) is 3.85. The van der Waals surface area contributed by atoms with E-state index in [4.69, 9.17) is 5.21 Å². The predicted molar refractivity (Wildman–Crippen MR) is 62.9 cm³/mol. The molecule has 0 saturated carbocycles. The molecule has 0 unspecified atom stereocenters. The molecule has 0 atom stereocenters. The van der Waals surface area contributed by atoms with Crippen molar-refractivity contribution >= 4 is 27.7 Å². The van der Waals surface area contributed by atoms with Crippen LogP contribution in [0.25, 0.3) is 6.08 Å². The van der Waals surface area contributed by atoms with E-state index >= 15 is 0 Å². The molecule has 4 nitrogen and oxygen atoms in total. The normalized spacial score (nSPS) is 10.6. The molecule has 0 heterocycles. The van der Waals surface area contributed by atoms with Crippen LogP contribution in [0.2, 0.25) is 0 Å². The lowest BCUT2D eigenvalue weighted by molar-refractivity contribution is -0.741. The van der Waals surface area contributed by atoms with Gasteiger partial charge >= 0.3 is 0 Å². The molecule has 1 aromatic carbocycles. The molecule has 0 saturated heterocycles. The SMILES string of the molecule is CN(C)c1ccc(/C=C/[N+](=O)O)cc1Br. The summed E-state index contributed by atoms with van der Waals surface area (Å²) in [4.78, 5) is 12.0. The average molecular weight is 272 g/mol. The van der Waals surface area contributed by atoms with Crippen molar-refractivity contribution < 1.29 is 10.1 Å². The Labute approximate surface area is 96.5 Å². The number of hydrogen-bond donors (Lipinski definition) is 1. The molecule has 0 fully saturated rings. The van der Waals surface area contributed by atoms with E-state index in [1.807, 2.05) is 37.2 Å². The number of benzene rings is 1. The first kappa shape index (κ1) is 11.7. The van der Waals surface area contributed by atoms with Crippen LogP contribution >= 0.6 is 15.9 Å². The van der Waals surface area contributed by atoms with Gasteiger partial charge in [0.1, 0.15) is 0 Å². The summed E-state index contributed by atoms with van der Waals surface area (Å²) in [6.07, 6.45) is 2.56. The summed E-state index contributed by atoms with van der Waals surface area (Å²) in [5.74, 6) is 0. The maximum Gasteiger partial charge on any atom is 0.282 e. The van der Waals surface area contributed by atoms with E-state index in [1.165, 1.54) is 6.08 Å². The number of rotatable bonds is 3. The standard InChI is InChI=1S/C10H12BrN2O2/c1-12(2)10-4-3-8(7-9(10)11)5-6-13(14)15/h3-7H,1-2H3,(H,14,15)/q+1/b6-5+. The van der Waals surface area contributed by atoms with Crippen LogP contribution in [0, 0.1) is 4.91 Å². The Morgan fingerprint density at radius 3 is 2.60 bits per heavy atom. The zero-order valence-corrected chi connectivity index (χ0v) is 10.1. The number of halogens is 1. The average Bonchev–Trinajstić information content (AvgIpc) is 2.14. The van der Waals surface area contributed by atoms with E-state index in [2.05, 4.69) is 15.9 Å². The van der Waals surface area contributed by atoms with E-state index in [-0.39, 0.29) is 4.92 Å². The third-order valence-corrected chi connectivity index (χ3v) is 2.48. The van der Waals surface area contributed by atoms with Crippen LogP contribution in [0.5, 0.6) is 0 Å². The summed E-state index contributed by atoms with van der Waals surface area (Å²) >= 11 is 3.42. The van der Waals surface area contributed by atoms with E-state index in [1.54, 1.807) is 0 Å². The lowest BCUT2D eigenvalue weighted by Crippen LogP contribution is -2.09. The summed E-state index contributed by atoms with van der Waals surface area (Å²) in [6, 6.07) is 5.66. The van der Waals surface area contributed by atoms with Gasteiger partial charge in [-0.05, 0) is 33.6 Å². The topological polar surface area (TPSA) is 43.5 Å². The minimum absolute atomic E-state index is 0.228. The largest absolute Gasteiger partial charge is 0.377 e. The van der Waals surface area contributed by atoms with Gasteiger partial charge < -0.3 is 4.90 Å². The van der Waals surface area contributed by atoms with Crippen molar-refractivity contribution in [1.29, 1.82) is 0 Å². The highest BCUT2D eigenvalue weighted by Crippen LogP contribution is 2.26. The van der Waals surface area contributed by atoms with Crippen LogP contribution in [0.4, 0.5) is 5.69 Å². The second-order valence-electron chi connectivity index (χ2n) is 3.22. The van der Waals surface area contributed by atoms with Crippen molar-refractivity contribution in [3.8, 4) is 0 Å². The van der Waals surface area contributed by atoms with Crippen molar-refractivity contribution in [3.05, 3.63) is 39.3 Å². The van der Waals surface area contributed by atoms with E-state index < -0.39 is 0 Å². The molecule has 5 heteroatoms. The van der Waals surface area contributed by atoms with Crippen LogP contribution in [0.3, 0.4) is 0 Å². The van der Waals surface area contributed by atoms with Crippen molar-refractivity contribution in [2.45, 2.75) is 0 Å². The van der Waals surface area contributed by atoms with Gasteiger partial charge in [0.25, 0.3) is 6.20 Å². The zero-order chi connectivity index (χ0) is 11.4. The smallest absolute Gasteiger partial charge is 0.282 e. The molecule has 0 spiro atoms. The van der Waals surface area contributed by atoms with Crippen molar-refractivity contribution in [2.75, 3.05) is 19.0 Å². The molecule has 0 aromatic heterocycles. The first-order valence-corrected chi connectivity index (χ1v) is 5.10. The van der Waals surface area contributed by atoms with Crippen molar-refractivity contribution in [1.82, 2.24) is 0 Å². The Bertz CT molecular complexity index is 402. The first-order valence-electron chi connectivity index (χ1n) is 4.31. The van der Waals surface area contributed by atoms with Gasteiger partial charge in [-0.25, -0.2) is 5.21 Å². The lowest BCUT2D eigenvalue weighted by Gasteiger charge is -2.14. The van der Waals surface area contributed by atoms with Crippen LogP contribution in [0.15, 0.2) is 28.9 Å². The Morgan fingerprint density at radius 2 is 2.13 bits per heavy atom. The monoisotopic (exact) mass is 271 g/mol. The summed E-state index contributed by atoms with van der Waals surface area (Å²) in [5, 5.41) is 8.40. The Morgan fingerprint density at radius 1 is 1.47 bits per heavy atom. The van der Waals surface area contributed by atoms with Gasteiger partial charge in [0.05, 0.1) is 10.6 Å². The lowest BCUT2D eigenvalue weighted by atomic mass is 10.2. The van der Waals surface area contributed by atoms with Gasteiger partial charge in [-0.2, -0.15) is 0 Å². The molecular weight excluding hydrogens is 260 g/mol. The second-order valence-corrected chi connectivity index (χ2v) is 4.08. The molecule has 0 aliphatic carbocycles. The maximum absolute atomic E-state index is 10.2. The van der Waals surface area contributed by atoms with E-state index in [0.717, 1.165) is 21.9 Å². The number of anilines is 1. The fraction of sp³-hybridized carbons (Fsp3) is 0.200. The predicted octanol–water partition coefficient (Wildman–Crippen LogP) is 2.65. The summed E-state index contributed by atoms with van der Waals surface area (Å²) in [5.41, 5.74) is 1.89. The third-order valence-electron chi connectivity index (χ3n) is 1.85. The first-order chi connectivity index (χ1) is 7.00. The van der Waals surface area contributed by atoms with Gasteiger partial charge in [-0.15, -0.1) is 0 Å². The van der Waals surface area contributed by atoms with Crippen LogP contribution in [-0.4, -0.2) is 24.2 Å². The second kappa shape index (κ2) is 4.93. The minimum Gasteiger partial charge on any atom is -0.377 e. The maximum atomic E-state index is 10.2. The fourth-order valence-corrected chi connectivity index (χ4v) is 1.89. The summed E-state index contributed by atoms with van der Waals surface area (Å²) < 4.78 is 0.935. The molecule has 1 aromatic rings. The number of hydrogen-bond acceptors (Lipinski definition) is 2. The molecule has 15 heavy (non-hydrogen) atoms. The highest BCUT2D eigenvalue weighted by atomic mass is 79.9. The summed E-state index contributed by atoms with van der Waals surface area (Å²) in [7, 11) is 3.89. The third kappa shape index (κ3) is 3.36. The molecule has 80 valence electrons. The van der Waals surface area contributed by atoms with Crippen molar-refractivity contribution in [2.24, 2.45) is 0 Å². The van der Waals surface area contributed by atoms with Crippen molar-refractivity contribution in [3.63, 3.8) is 0 Å². The van der Waals surface area contributed by atoms with Crippen LogP contribution < -0.4 is 4.90 Å². The number of nitrogens with zero attached hydrogens (tertiary/aromatic N) is 2. The van der Waals surface area contributed by atoms with Gasteiger partial charge in [0.15, 0.2) is 0 Å². The quantitative estimate of drug-likeness (QED) is 0.860. The van der Waals surface area contributed by atoms with E-state index in [0.29, 0.717) is 0 Å². The molecule has 1 rings (SSSR count). The Hall–Kier alpha value is -1.36. The van der Waals surface area contributed by atoms with E-state index in [9.17, 15) is 4.91 Å². The van der Waals surface area contributed by atoms with Crippen LogP contribution in [-0.2, 0) is 0 Å². The fourth-order valence-electron chi connectivity index (χ4n) is 1.14. The molecule has 0 aliphatic heterocycles. The highest BCUT2D eigenvalue weighted by molar-refractivity contribution is 9.10. The van der Waals surface area contributed by atoms with Crippen LogP contribution in [0.1, 0.15) is 5.56 Å². The molecular formula is C10H12BrN2O2+. The zero-order valence-electron chi connectivity index (χ0n) is 8.51. The van der Waals surface area contributed by atoms with Gasteiger partial charge in [-0.3, -0.25) is 0 Å². The summed E-state index contributed by atoms with van der Waals surface area (Å²) in [6.45, 7) is 0. The minimum atomic E-state index is -0.228. The molecule has 1 N–H and O–H groups in total. The van der Waals surface area contributed by atoms with Gasteiger partial charge in [0, 0.05) is 24.6 Å². The highest BCUT2D eigenvalue weighted by Gasteiger charge is 2.02. The van der Waals surface area contributed by atoms with Gasteiger partial charge in [-0.1, -0.05) is 6.07 Å².